The highest BCUT2D eigenvalue weighted by Crippen LogP contribution is 2.40. The Morgan fingerprint density at radius 1 is 1.39 bits per heavy atom. The zero-order valence-corrected chi connectivity index (χ0v) is 11.9. The Labute approximate surface area is 118 Å². The highest BCUT2D eigenvalue weighted by atomic mass is 79.9. The van der Waals surface area contributed by atoms with Gasteiger partial charge in [0.1, 0.15) is 5.82 Å². The van der Waals surface area contributed by atoms with Crippen LogP contribution in [0.3, 0.4) is 0 Å². The Hall–Kier alpha value is -0.910. The Bertz CT molecular complexity index is 592. The van der Waals surface area contributed by atoms with Gasteiger partial charge in [-0.25, -0.2) is 0 Å². The second-order valence-corrected chi connectivity index (χ2v) is 5.66. The number of aromatic nitrogens is 3. The number of hydrogen-bond donors (Lipinski definition) is 1. The molecule has 1 aliphatic carbocycles. The molecule has 0 amide bonds. The van der Waals surface area contributed by atoms with E-state index in [9.17, 15) is 0 Å². The van der Waals surface area contributed by atoms with Gasteiger partial charge in [-0.3, -0.25) is 0 Å². The molecule has 94 valence electrons. The van der Waals surface area contributed by atoms with Crippen LogP contribution in [0, 0.1) is 0 Å². The fourth-order valence-electron chi connectivity index (χ4n) is 2.03. The van der Waals surface area contributed by atoms with Crippen LogP contribution < -0.4 is 5.73 Å². The molecule has 3 rings (SSSR count). The quantitative estimate of drug-likeness (QED) is 0.942. The molecular weight excluding hydrogens is 316 g/mol. The van der Waals surface area contributed by atoms with Gasteiger partial charge >= 0.3 is 0 Å². The maximum absolute atomic E-state index is 5.96. The zero-order valence-electron chi connectivity index (χ0n) is 9.61. The average Bonchev–Trinajstić information content (AvgIpc) is 3.09. The second kappa shape index (κ2) is 4.64. The van der Waals surface area contributed by atoms with Gasteiger partial charge in [0.25, 0.3) is 0 Å². The molecule has 0 saturated heterocycles. The van der Waals surface area contributed by atoms with Crippen LogP contribution in [0.5, 0.6) is 0 Å². The first-order valence-electron chi connectivity index (χ1n) is 5.80. The van der Waals surface area contributed by atoms with Crippen molar-refractivity contribution in [3.63, 3.8) is 0 Å². The topological polar surface area (TPSA) is 56.7 Å². The summed E-state index contributed by atoms with van der Waals surface area (Å²) in [7, 11) is 0. The fourth-order valence-corrected chi connectivity index (χ4v) is 2.89. The van der Waals surface area contributed by atoms with Crippen LogP contribution in [0.25, 0.3) is 11.4 Å². The van der Waals surface area contributed by atoms with E-state index in [0.29, 0.717) is 17.6 Å². The minimum Gasteiger partial charge on any atom is -0.324 e. The van der Waals surface area contributed by atoms with Crippen LogP contribution in [0.4, 0.5) is 0 Å². The summed E-state index contributed by atoms with van der Waals surface area (Å²) in [5, 5.41) is 9.14. The maximum Gasteiger partial charge on any atom is 0.165 e. The standard InChI is InChI=1S/C12H12BrClN4/c13-10-5-7(14)1-4-9(10)12-17-16-11(6-15)18(12)8-2-3-8/h1,4-5,8H,2-3,6,15H2. The molecule has 0 bridgehead atoms. The Morgan fingerprint density at radius 3 is 2.78 bits per heavy atom. The van der Waals surface area contributed by atoms with Gasteiger partial charge in [-0.05, 0) is 47.0 Å². The first-order valence-corrected chi connectivity index (χ1v) is 6.97. The normalized spacial score (nSPS) is 15.1. The molecule has 1 aliphatic rings. The third kappa shape index (κ3) is 2.06. The number of rotatable bonds is 3. The summed E-state index contributed by atoms with van der Waals surface area (Å²) in [6.07, 6.45) is 2.34. The third-order valence-corrected chi connectivity index (χ3v) is 3.92. The van der Waals surface area contributed by atoms with Gasteiger partial charge in [0.05, 0.1) is 6.54 Å². The van der Waals surface area contributed by atoms with E-state index in [1.54, 1.807) is 0 Å². The van der Waals surface area contributed by atoms with Crippen molar-refractivity contribution in [3.8, 4) is 11.4 Å². The molecule has 2 N–H and O–H groups in total. The predicted molar refractivity (Wildman–Crippen MR) is 74.3 cm³/mol. The molecule has 4 nitrogen and oxygen atoms in total. The third-order valence-electron chi connectivity index (χ3n) is 3.03. The van der Waals surface area contributed by atoms with Gasteiger partial charge in [0.15, 0.2) is 5.82 Å². The number of hydrogen-bond acceptors (Lipinski definition) is 3. The van der Waals surface area contributed by atoms with E-state index in [1.165, 1.54) is 12.8 Å². The van der Waals surface area contributed by atoms with Crippen molar-refractivity contribution in [2.24, 2.45) is 5.73 Å². The first kappa shape index (κ1) is 12.1. The van der Waals surface area contributed by atoms with Crippen LogP contribution in [-0.4, -0.2) is 14.8 Å². The lowest BCUT2D eigenvalue weighted by Gasteiger charge is -2.09. The lowest BCUT2D eigenvalue weighted by atomic mass is 10.2. The monoisotopic (exact) mass is 326 g/mol. The van der Waals surface area contributed by atoms with Gasteiger partial charge in [-0.1, -0.05) is 11.6 Å². The molecule has 1 aromatic carbocycles. The molecular formula is C12H12BrClN4. The van der Waals surface area contributed by atoms with Crippen molar-refractivity contribution in [3.05, 3.63) is 33.5 Å². The van der Waals surface area contributed by atoms with Crippen molar-refractivity contribution in [1.29, 1.82) is 0 Å². The van der Waals surface area contributed by atoms with Crippen LogP contribution in [0.15, 0.2) is 22.7 Å². The Morgan fingerprint density at radius 2 is 2.17 bits per heavy atom. The number of halogens is 2. The summed E-state index contributed by atoms with van der Waals surface area (Å²) in [5.41, 5.74) is 6.71. The van der Waals surface area contributed by atoms with E-state index < -0.39 is 0 Å². The summed E-state index contributed by atoms with van der Waals surface area (Å²) in [5.74, 6) is 1.70. The predicted octanol–water partition coefficient (Wildman–Crippen LogP) is 3.15. The number of benzene rings is 1. The Balaban J connectivity index is 2.13. The minimum atomic E-state index is 0.411. The summed E-state index contributed by atoms with van der Waals surface area (Å²) in [6.45, 7) is 0.411. The van der Waals surface area contributed by atoms with E-state index in [-0.39, 0.29) is 0 Å². The SMILES string of the molecule is NCc1nnc(-c2ccc(Cl)cc2Br)n1C1CC1. The molecule has 1 heterocycles. The van der Waals surface area contributed by atoms with E-state index in [1.807, 2.05) is 18.2 Å². The molecule has 0 radical (unpaired) electrons. The number of nitrogens with zero attached hydrogens (tertiary/aromatic N) is 3. The smallest absolute Gasteiger partial charge is 0.165 e. The van der Waals surface area contributed by atoms with Crippen LogP contribution in [0.2, 0.25) is 5.02 Å². The van der Waals surface area contributed by atoms with Gasteiger partial charge in [-0.15, -0.1) is 10.2 Å². The van der Waals surface area contributed by atoms with Crippen LogP contribution in [0.1, 0.15) is 24.7 Å². The van der Waals surface area contributed by atoms with Gasteiger partial charge in [0.2, 0.25) is 0 Å². The largest absolute Gasteiger partial charge is 0.324 e. The lowest BCUT2D eigenvalue weighted by Crippen LogP contribution is -2.08. The molecule has 0 aliphatic heterocycles. The highest BCUT2D eigenvalue weighted by Gasteiger charge is 2.29. The van der Waals surface area contributed by atoms with Crippen molar-refractivity contribution >= 4 is 27.5 Å². The zero-order chi connectivity index (χ0) is 12.7. The van der Waals surface area contributed by atoms with Crippen molar-refractivity contribution in [1.82, 2.24) is 14.8 Å². The summed E-state index contributed by atoms with van der Waals surface area (Å²) in [4.78, 5) is 0. The first-order chi connectivity index (χ1) is 8.70. The molecule has 0 spiro atoms. The molecule has 18 heavy (non-hydrogen) atoms. The minimum absolute atomic E-state index is 0.411. The molecule has 1 aromatic heterocycles. The van der Waals surface area contributed by atoms with Gasteiger partial charge in [-0.2, -0.15) is 0 Å². The molecule has 6 heteroatoms. The highest BCUT2D eigenvalue weighted by molar-refractivity contribution is 9.10. The van der Waals surface area contributed by atoms with E-state index >= 15 is 0 Å². The molecule has 0 atom stereocenters. The Kier molecular flexibility index (Phi) is 3.13. The van der Waals surface area contributed by atoms with Crippen molar-refractivity contribution in [2.45, 2.75) is 25.4 Å². The summed E-state index contributed by atoms with van der Waals surface area (Å²) >= 11 is 9.48. The van der Waals surface area contributed by atoms with E-state index in [2.05, 4.69) is 30.7 Å². The van der Waals surface area contributed by atoms with Crippen LogP contribution >= 0.6 is 27.5 Å². The summed E-state index contributed by atoms with van der Waals surface area (Å²) < 4.78 is 3.07. The van der Waals surface area contributed by atoms with Crippen molar-refractivity contribution in [2.75, 3.05) is 0 Å². The second-order valence-electron chi connectivity index (χ2n) is 4.37. The van der Waals surface area contributed by atoms with Gasteiger partial charge in [0, 0.05) is 21.1 Å². The molecule has 1 saturated carbocycles. The molecule has 1 fully saturated rings. The average molecular weight is 328 g/mol. The number of nitrogens with two attached hydrogens (primary N) is 1. The van der Waals surface area contributed by atoms with E-state index in [4.69, 9.17) is 17.3 Å². The fraction of sp³-hybridized carbons (Fsp3) is 0.333. The van der Waals surface area contributed by atoms with E-state index in [0.717, 1.165) is 21.7 Å². The van der Waals surface area contributed by atoms with Crippen LogP contribution in [-0.2, 0) is 6.54 Å². The molecule has 2 aromatic rings. The van der Waals surface area contributed by atoms with Crippen molar-refractivity contribution < 1.29 is 0 Å². The van der Waals surface area contributed by atoms with Gasteiger partial charge < -0.3 is 10.3 Å². The lowest BCUT2D eigenvalue weighted by molar-refractivity contribution is 0.687. The molecule has 0 unspecified atom stereocenters. The summed E-state index contributed by atoms with van der Waals surface area (Å²) in [6, 6.07) is 6.17. The maximum atomic E-state index is 5.96.